The molecule has 1 heterocycles. The highest BCUT2D eigenvalue weighted by atomic mass is 15.2. The molecule has 1 aromatic heterocycles. The van der Waals surface area contributed by atoms with Crippen LogP contribution in [-0.4, -0.2) is 29.1 Å². The van der Waals surface area contributed by atoms with Crippen LogP contribution in [-0.2, 0) is 6.54 Å². The van der Waals surface area contributed by atoms with E-state index < -0.39 is 0 Å². The van der Waals surface area contributed by atoms with Crippen molar-refractivity contribution in [1.29, 1.82) is 0 Å². The van der Waals surface area contributed by atoms with Crippen LogP contribution in [0.15, 0.2) is 12.4 Å². The molecule has 108 valence electrons. The lowest BCUT2D eigenvalue weighted by Crippen LogP contribution is -2.35. The Kier molecular flexibility index (Phi) is 5.73. The number of hydrogen-bond donors (Lipinski definition) is 1. The van der Waals surface area contributed by atoms with Crippen LogP contribution < -0.4 is 10.2 Å². The third-order valence-corrected chi connectivity index (χ3v) is 3.17. The highest BCUT2D eigenvalue weighted by Crippen LogP contribution is 2.11. The van der Waals surface area contributed by atoms with Crippen molar-refractivity contribution < 1.29 is 0 Å². The predicted molar refractivity (Wildman–Crippen MR) is 81.3 cm³/mol. The van der Waals surface area contributed by atoms with Gasteiger partial charge in [0.25, 0.3) is 0 Å². The van der Waals surface area contributed by atoms with Gasteiger partial charge in [0.05, 0.1) is 18.1 Å². The summed E-state index contributed by atoms with van der Waals surface area (Å²) < 4.78 is 0. The van der Waals surface area contributed by atoms with E-state index in [1.807, 2.05) is 12.4 Å². The van der Waals surface area contributed by atoms with Gasteiger partial charge in [-0.25, -0.2) is 4.98 Å². The molecule has 0 aromatic carbocycles. The van der Waals surface area contributed by atoms with Crippen molar-refractivity contribution in [1.82, 2.24) is 15.3 Å². The van der Waals surface area contributed by atoms with Crippen LogP contribution in [0.1, 0.15) is 46.7 Å². The maximum atomic E-state index is 4.49. The molecule has 1 rings (SSSR count). The molecule has 1 unspecified atom stereocenters. The molecule has 19 heavy (non-hydrogen) atoms. The minimum atomic E-state index is 0.105. The second-order valence-corrected chi connectivity index (χ2v) is 6.36. The highest BCUT2D eigenvalue weighted by molar-refractivity contribution is 5.34. The molecular formula is C15H28N4. The number of anilines is 1. The van der Waals surface area contributed by atoms with Crippen molar-refractivity contribution >= 4 is 5.82 Å². The van der Waals surface area contributed by atoms with E-state index in [2.05, 4.69) is 61.9 Å². The molecule has 4 heteroatoms. The van der Waals surface area contributed by atoms with Crippen molar-refractivity contribution in [2.45, 2.75) is 53.1 Å². The van der Waals surface area contributed by atoms with E-state index in [9.17, 15) is 0 Å². The molecule has 1 aromatic rings. The summed E-state index contributed by atoms with van der Waals surface area (Å²) in [6, 6.07) is 0. The van der Waals surface area contributed by atoms with E-state index in [1.54, 1.807) is 0 Å². The molecule has 0 amide bonds. The predicted octanol–water partition coefficient (Wildman–Crippen LogP) is 2.85. The number of aromatic nitrogens is 2. The maximum absolute atomic E-state index is 4.49. The Morgan fingerprint density at radius 1 is 1.26 bits per heavy atom. The monoisotopic (exact) mass is 264 g/mol. The van der Waals surface area contributed by atoms with Gasteiger partial charge in [-0.1, -0.05) is 20.3 Å². The van der Waals surface area contributed by atoms with Gasteiger partial charge in [-0.05, 0) is 26.7 Å². The van der Waals surface area contributed by atoms with Gasteiger partial charge in [-0.3, -0.25) is 4.98 Å². The van der Waals surface area contributed by atoms with Crippen LogP contribution in [0.2, 0.25) is 0 Å². The van der Waals surface area contributed by atoms with Crippen LogP contribution >= 0.6 is 0 Å². The fourth-order valence-corrected chi connectivity index (χ4v) is 1.68. The lowest BCUT2D eigenvalue weighted by Gasteiger charge is -2.22. The Bertz CT molecular complexity index is 367. The summed E-state index contributed by atoms with van der Waals surface area (Å²) >= 11 is 0. The normalized spacial score (nSPS) is 13.4. The molecule has 0 spiro atoms. The number of hydrogen-bond acceptors (Lipinski definition) is 4. The molecule has 0 saturated carbocycles. The number of nitrogens with zero attached hydrogens (tertiary/aromatic N) is 3. The summed E-state index contributed by atoms with van der Waals surface area (Å²) in [5, 5.41) is 3.41. The third-order valence-electron chi connectivity index (χ3n) is 3.17. The van der Waals surface area contributed by atoms with Gasteiger partial charge >= 0.3 is 0 Å². The van der Waals surface area contributed by atoms with Gasteiger partial charge in [0, 0.05) is 25.7 Å². The van der Waals surface area contributed by atoms with Crippen LogP contribution in [0.5, 0.6) is 0 Å². The van der Waals surface area contributed by atoms with E-state index in [4.69, 9.17) is 0 Å². The minimum Gasteiger partial charge on any atom is -0.358 e. The average Bonchev–Trinajstić information content (AvgIpc) is 2.36. The molecule has 1 atom stereocenters. The topological polar surface area (TPSA) is 41.1 Å². The first-order chi connectivity index (χ1) is 8.81. The average molecular weight is 264 g/mol. The van der Waals surface area contributed by atoms with Crippen LogP contribution in [0.3, 0.4) is 0 Å². The largest absolute Gasteiger partial charge is 0.358 e. The smallest absolute Gasteiger partial charge is 0.146 e. The van der Waals surface area contributed by atoms with Crippen molar-refractivity contribution in [3.63, 3.8) is 0 Å². The van der Waals surface area contributed by atoms with Crippen molar-refractivity contribution in [2.24, 2.45) is 5.92 Å². The van der Waals surface area contributed by atoms with Crippen LogP contribution in [0.25, 0.3) is 0 Å². The highest BCUT2D eigenvalue weighted by Gasteiger charge is 2.10. The van der Waals surface area contributed by atoms with E-state index in [-0.39, 0.29) is 5.54 Å². The van der Waals surface area contributed by atoms with Crippen molar-refractivity contribution in [3.05, 3.63) is 18.1 Å². The summed E-state index contributed by atoms with van der Waals surface area (Å²) in [5.41, 5.74) is 1.09. The maximum Gasteiger partial charge on any atom is 0.146 e. The second-order valence-electron chi connectivity index (χ2n) is 6.36. The first-order valence-electron chi connectivity index (χ1n) is 7.09. The summed E-state index contributed by atoms with van der Waals surface area (Å²) in [4.78, 5) is 11.1. The third kappa shape index (κ3) is 6.01. The molecule has 4 nitrogen and oxygen atoms in total. The quantitative estimate of drug-likeness (QED) is 0.858. The Morgan fingerprint density at radius 2 is 1.95 bits per heavy atom. The zero-order valence-electron chi connectivity index (χ0n) is 13.2. The zero-order chi connectivity index (χ0) is 14.5. The van der Waals surface area contributed by atoms with E-state index in [1.165, 1.54) is 6.42 Å². The van der Waals surface area contributed by atoms with E-state index >= 15 is 0 Å². The summed E-state index contributed by atoms with van der Waals surface area (Å²) in [5.74, 6) is 1.62. The first kappa shape index (κ1) is 15.9. The van der Waals surface area contributed by atoms with Gasteiger partial charge < -0.3 is 10.2 Å². The summed E-state index contributed by atoms with van der Waals surface area (Å²) in [7, 11) is 2.07. The summed E-state index contributed by atoms with van der Waals surface area (Å²) in [6.45, 7) is 12.7. The van der Waals surface area contributed by atoms with Gasteiger partial charge in [-0.2, -0.15) is 0 Å². The molecule has 0 saturated heterocycles. The molecular weight excluding hydrogens is 236 g/mol. The standard InChI is InChI=1S/C15H28N4/c1-7-12(2)11-19(6)14-10-16-13(8-17-14)9-18-15(3,4)5/h8,10,12,18H,7,9,11H2,1-6H3. The van der Waals surface area contributed by atoms with Crippen LogP contribution in [0.4, 0.5) is 5.82 Å². The molecule has 0 bridgehead atoms. The van der Waals surface area contributed by atoms with Crippen molar-refractivity contribution in [3.8, 4) is 0 Å². The van der Waals surface area contributed by atoms with Gasteiger partial charge in [0.15, 0.2) is 0 Å². The lowest BCUT2D eigenvalue weighted by atomic mass is 10.1. The minimum absolute atomic E-state index is 0.105. The fraction of sp³-hybridized carbons (Fsp3) is 0.733. The van der Waals surface area contributed by atoms with E-state index in [0.717, 1.165) is 24.6 Å². The Morgan fingerprint density at radius 3 is 2.42 bits per heavy atom. The SMILES string of the molecule is CCC(C)CN(C)c1cnc(CNC(C)(C)C)cn1. The number of nitrogens with one attached hydrogen (secondary N) is 1. The first-order valence-corrected chi connectivity index (χ1v) is 7.09. The molecule has 0 aliphatic carbocycles. The molecule has 0 radical (unpaired) electrons. The van der Waals surface area contributed by atoms with Gasteiger partial charge in [0.1, 0.15) is 5.82 Å². The van der Waals surface area contributed by atoms with Gasteiger partial charge in [-0.15, -0.1) is 0 Å². The fourth-order valence-electron chi connectivity index (χ4n) is 1.68. The van der Waals surface area contributed by atoms with Crippen molar-refractivity contribution in [2.75, 3.05) is 18.5 Å². The second kappa shape index (κ2) is 6.85. The lowest BCUT2D eigenvalue weighted by molar-refractivity contribution is 0.421. The van der Waals surface area contributed by atoms with Crippen LogP contribution in [0, 0.1) is 5.92 Å². The zero-order valence-corrected chi connectivity index (χ0v) is 13.2. The summed E-state index contributed by atoms with van der Waals surface area (Å²) in [6.07, 6.45) is 4.91. The number of rotatable bonds is 6. The molecule has 0 aliphatic rings. The van der Waals surface area contributed by atoms with Gasteiger partial charge in [0.2, 0.25) is 0 Å². The Labute approximate surface area is 117 Å². The Balaban J connectivity index is 2.56. The molecule has 0 aliphatic heterocycles. The molecule has 1 N–H and O–H groups in total. The molecule has 0 fully saturated rings. The van der Waals surface area contributed by atoms with E-state index in [0.29, 0.717) is 5.92 Å². The Hall–Kier alpha value is -1.16.